The molecule has 0 spiro atoms. The number of unbranched alkanes of at least 4 members (excludes halogenated alkanes) is 2. The number of hydrogen-bond donors (Lipinski definition) is 1. The van der Waals surface area contributed by atoms with E-state index in [4.69, 9.17) is 5.11 Å². The number of benzene rings is 2. The Hall–Kier alpha value is -4.17. The van der Waals surface area contributed by atoms with Gasteiger partial charge in [0.2, 0.25) is 5.69 Å². The molecular weight excluding hydrogens is 494 g/mol. The third-order valence-corrected chi connectivity index (χ3v) is 8.20. The van der Waals surface area contributed by atoms with Gasteiger partial charge in [0, 0.05) is 47.5 Å². The zero-order chi connectivity index (χ0) is 28.9. The van der Waals surface area contributed by atoms with Crippen molar-refractivity contribution in [2.24, 2.45) is 0 Å². The molecule has 4 rings (SSSR count). The summed E-state index contributed by atoms with van der Waals surface area (Å²) in [5.74, 6) is -0.739. The Morgan fingerprint density at radius 3 is 2.38 bits per heavy atom. The number of para-hydroxylation sites is 2. The van der Waals surface area contributed by atoms with Crippen LogP contribution in [0.5, 0.6) is 0 Å². The van der Waals surface area contributed by atoms with Crippen LogP contribution in [0.3, 0.4) is 0 Å². The molecule has 5 nitrogen and oxygen atoms in total. The van der Waals surface area contributed by atoms with Crippen molar-refractivity contribution < 1.29 is 14.5 Å². The smallest absolute Gasteiger partial charge is 0.303 e. The molecule has 0 atom stereocenters. The van der Waals surface area contributed by atoms with Crippen molar-refractivity contribution in [1.82, 2.24) is 0 Å². The van der Waals surface area contributed by atoms with Gasteiger partial charge in [-0.3, -0.25) is 4.79 Å². The number of nitriles is 1. The van der Waals surface area contributed by atoms with Crippen LogP contribution in [-0.4, -0.2) is 35.0 Å². The second kappa shape index (κ2) is 11.9. The minimum absolute atomic E-state index is 0.108. The first-order chi connectivity index (χ1) is 19.1. The predicted octanol–water partition coefficient (Wildman–Crippen LogP) is 7.58. The van der Waals surface area contributed by atoms with Gasteiger partial charge in [-0.05, 0) is 56.5 Å². The first-order valence-corrected chi connectivity index (χ1v) is 14.1. The summed E-state index contributed by atoms with van der Waals surface area (Å²) in [6, 6.07) is 19.3. The van der Waals surface area contributed by atoms with E-state index in [9.17, 15) is 10.1 Å². The maximum atomic E-state index is 10.9. The van der Waals surface area contributed by atoms with Crippen molar-refractivity contribution in [1.29, 1.82) is 5.26 Å². The molecule has 40 heavy (non-hydrogen) atoms. The average molecular weight is 535 g/mol. The number of fused-ring (bicyclic) bond motifs is 2. The second-order valence-corrected chi connectivity index (χ2v) is 11.6. The third-order valence-electron chi connectivity index (χ3n) is 8.20. The molecule has 1 N–H and O–H groups in total. The van der Waals surface area contributed by atoms with Crippen LogP contribution in [0, 0.1) is 11.3 Å². The van der Waals surface area contributed by atoms with Crippen molar-refractivity contribution in [2.45, 2.75) is 64.2 Å². The largest absolute Gasteiger partial charge is 0.481 e. The zero-order valence-electron chi connectivity index (χ0n) is 24.3. The van der Waals surface area contributed by atoms with E-state index in [1.54, 1.807) is 0 Å². The molecule has 0 saturated carbocycles. The minimum Gasteiger partial charge on any atom is -0.481 e. The van der Waals surface area contributed by atoms with Crippen LogP contribution in [0.25, 0.3) is 0 Å². The van der Waals surface area contributed by atoms with E-state index < -0.39 is 5.97 Å². The zero-order valence-corrected chi connectivity index (χ0v) is 24.3. The molecule has 2 aliphatic heterocycles. The number of allylic oxidation sites excluding steroid dienone is 8. The maximum absolute atomic E-state index is 10.9. The van der Waals surface area contributed by atoms with Gasteiger partial charge < -0.3 is 10.0 Å². The van der Waals surface area contributed by atoms with Gasteiger partial charge in [-0.2, -0.15) is 9.84 Å². The molecule has 0 radical (unpaired) electrons. The number of aliphatic carboxylic acids is 1. The lowest BCUT2D eigenvalue weighted by Gasteiger charge is -2.27. The molecule has 0 unspecified atom stereocenters. The third kappa shape index (κ3) is 5.72. The normalized spacial score (nSPS) is 18.6. The Bertz CT molecular complexity index is 1480. The van der Waals surface area contributed by atoms with E-state index in [-0.39, 0.29) is 17.3 Å². The summed E-state index contributed by atoms with van der Waals surface area (Å²) in [5.41, 5.74) is 7.67. The predicted molar refractivity (Wildman–Crippen MR) is 163 cm³/mol. The number of carboxylic acid groups (broad SMARTS) is 1. The van der Waals surface area contributed by atoms with E-state index in [1.807, 2.05) is 24.3 Å². The van der Waals surface area contributed by atoms with E-state index in [0.29, 0.717) is 12.0 Å². The lowest BCUT2D eigenvalue weighted by Crippen LogP contribution is -2.27. The molecule has 206 valence electrons. The molecule has 2 aliphatic rings. The number of carbonyl (C=O) groups is 1. The van der Waals surface area contributed by atoms with E-state index >= 15 is 0 Å². The fraction of sp³-hybridized carbons (Fsp3) is 0.343. The molecule has 0 aliphatic carbocycles. The Morgan fingerprint density at radius 1 is 0.975 bits per heavy atom. The van der Waals surface area contributed by atoms with Gasteiger partial charge in [-0.1, -0.05) is 68.8 Å². The average Bonchev–Trinajstić information content (AvgIpc) is 3.26. The highest BCUT2D eigenvalue weighted by atomic mass is 16.4. The SMILES string of the molecule is C[N+]1=C(/C=C/C=C(C#N)/C=C/C=C2\N(CCCCCC(=O)O)c3ccccc3C2(C)C)C(C)(C)c2ccccc21. The Kier molecular flexibility index (Phi) is 8.59. The molecule has 0 bridgehead atoms. The standard InChI is InChI=1S/C35H39N3O2/c1-34(2)27-17-8-10-19-29(27)37(5)31(34)21-13-15-26(25-36)16-14-22-32-35(3,4)28-18-9-11-20-30(28)38(32)24-12-6-7-23-33(39)40/h8-11,13-22H,6-7,12,23-24H2,1-5H3/p+1. The fourth-order valence-electron chi connectivity index (χ4n) is 6.02. The molecular formula is C35H40N3O2+. The lowest BCUT2D eigenvalue weighted by molar-refractivity contribution is -0.401. The van der Waals surface area contributed by atoms with Crippen LogP contribution in [-0.2, 0) is 15.6 Å². The number of hydrogen-bond acceptors (Lipinski definition) is 3. The minimum atomic E-state index is -0.739. The summed E-state index contributed by atoms with van der Waals surface area (Å²) in [7, 11) is 2.09. The van der Waals surface area contributed by atoms with Crippen LogP contribution in [0.15, 0.2) is 96.3 Å². The van der Waals surface area contributed by atoms with Crippen LogP contribution < -0.4 is 4.90 Å². The van der Waals surface area contributed by atoms with Crippen LogP contribution in [0.2, 0.25) is 0 Å². The first-order valence-electron chi connectivity index (χ1n) is 14.1. The van der Waals surface area contributed by atoms with Gasteiger partial charge in [0.1, 0.15) is 7.05 Å². The number of nitrogens with zero attached hydrogens (tertiary/aromatic N) is 3. The Morgan fingerprint density at radius 2 is 1.68 bits per heavy atom. The molecule has 0 amide bonds. The summed E-state index contributed by atoms with van der Waals surface area (Å²) >= 11 is 0. The van der Waals surface area contributed by atoms with Crippen molar-refractivity contribution in [3.8, 4) is 6.07 Å². The topological polar surface area (TPSA) is 67.3 Å². The van der Waals surface area contributed by atoms with Crippen LogP contribution in [0.4, 0.5) is 11.4 Å². The summed E-state index contributed by atoms with van der Waals surface area (Å²) < 4.78 is 2.22. The maximum Gasteiger partial charge on any atom is 0.303 e. The van der Waals surface area contributed by atoms with Gasteiger partial charge in [0.15, 0.2) is 5.71 Å². The van der Waals surface area contributed by atoms with Gasteiger partial charge in [0.25, 0.3) is 0 Å². The molecule has 2 aromatic rings. The Labute approximate surface area is 238 Å². The quantitative estimate of drug-likeness (QED) is 0.148. The molecule has 2 heterocycles. The molecule has 0 aromatic heterocycles. The molecule has 5 heteroatoms. The number of rotatable bonds is 10. The van der Waals surface area contributed by atoms with Crippen LogP contribution >= 0.6 is 0 Å². The van der Waals surface area contributed by atoms with Crippen molar-refractivity contribution in [3.63, 3.8) is 0 Å². The second-order valence-electron chi connectivity index (χ2n) is 11.6. The first kappa shape index (κ1) is 28.8. The van der Waals surface area contributed by atoms with E-state index in [2.05, 4.69) is 111 Å². The summed E-state index contributed by atoms with van der Waals surface area (Å²) in [5, 5.41) is 18.8. The van der Waals surface area contributed by atoms with Crippen LogP contribution in [0.1, 0.15) is 64.5 Å². The molecule has 2 aromatic carbocycles. The lowest BCUT2D eigenvalue weighted by atomic mass is 9.81. The van der Waals surface area contributed by atoms with Crippen molar-refractivity contribution in [3.05, 3.63) is 107 Å². The van der Waals surface area contributed by atoms with E-state index in [1.165, 1.54) is 33.9 Å². The Balaban J connectivity index is 1.53. The highest BCUT2D eigenvalue weighted by molar-refractivity contribution is 6.03. The van der Waals surface area contributed by atoms with Gasteiger partial charge in [-0.15, -0.1) is 0 Å². The summed E-state index contributed by atoms with van der Waals surface area (Å²) in [4.78, 5) is 13.2. The summed E-state index contributed by atoms with van der Waals surface area (Å²) in [6.45, 7) is 9.75. The van der Waals surface area contributed by atoms with Crippen molar-refractivity contribution in [2.75, 3.05) is 18.5 Å². The highest BCUT2D eigenvalue weighted by Crippen LogP contribution is 2.47. The molecule has 0 fully saturated rings. The van der Waals surface area contributed by atoms with Gasteiger partial charge >= 0.3 is 5.97 Å². The molecule has 0 saturated heterocycles. The van der Waals surface area contributed by atoms with Gasteiger partial charge in [0.05, 0.1) is 17.1 Å². The highest BCUT2D eigenvalue weighted by Gasteiger charge is 2.42. The fourth-order valence-corrected chi connectivity index (χ4v) is 6.02. The van der Waals surface area contributed by atoms with Crippen molar-refractivity contribution >= 4 is 23.1 Å². The van der Waals surface area contributed by atoms with E-state index in [0.717, 1.165) is 19.4 Å². The monoisotopic (exact) mass is 534 g/mol. The number of carboxylic acids is 1. The van der Waals surface area contributed by atoms with Gasteiger partial charge in [-0.25, -0.2) is 0 Å². The number of anilines is 1. The summed E-state index contributed by atoms with van der Waals surface area (Å²) in [6.07, 6.45) is 14.6.